The lowest BCUT2D eigenvalue weighted by atomic mass is 10.9. The Morgan fingerprint density at radius 2 is 1.50 bits per heavy atom. The van der Waals surface area contributed by atoms with Gasteiger partial charge in [0.1, 0.15) is 10.0 Å². The van der Waals surface area contributed by atoms with E-state index >= 15 is 0 Å². The first kappa shape index (κ1) is 7.56. The maximum Gasteiger partial charge on any atom is 0.114 e. The fraction of sp³-hybridized carbons (Fsp3) is 0.600. The van der Waals surface area contributed by atoms with Crippen molar-refractivity contribution in [1.82, 2.24) is 10.2 Å². The number of hydrogen-bond donors (Lipinski definition) is 0. The molecule has 0 N–H and O–H groups in total. The second-order valence-electron chi connectivity index (χ2n) is 1.34. The van der Waals surface area contributed by atoms with Crippen LogP contribution < -0.4 is 0 Å². The van der Waals surface area contributed by atoms with Crippen LogP contribution in [0.25, 0.3) is 0 Å². The molecule has 0 unspecified atom stereocenters. The summed E-state index contributed by atoms with van der Waals surface area (Å²) in [6.07, 6.45) is 0. The molecular formula is C5H10N2S. The van der Waals surface area contributed by atoms with E-state index in [0.29, 0.717) is 0 Å². The van der Waals surface area contributed by atoms with E-state index in [1.807, 2.05) is 13.8 Å². The molecule has 0 bridgehead atoms. The van der Waals surface area contributed by atoms with Crippen molar-refractivity contribution >= 4 is 11.3 Å². The van der Waals surface area contributed by atoms with E-state index in [-0.39, 0.29) is 7.43 Å². The molecule has 1 aromatic heterocycles. The highest BCUT2D eigenvalue weighted by Gasteiger charge is 1.88. The van der Waals surface area contributed by atoms with Crippen LogP contribution in [-0.4, -0.2) is 10.2 Å². The average Bonchev–Trinajstić information content (AvgIpc) is 1.87. The van der Waals surface area contributed by atoms with Gasteiger partial charge in [0, 0.05) is 0 Å². The van der Waals surface area contributed by atoms with Crippen LogP contribution in [0.1, 0.15) is 17.4 Å². The summed E-state index contributed by atoms with van der Waals surface area (Å²) >= 11 is 1.62. The van der Waals surface area contributed by atoms with Gasteiger partial charge in [-0.3, -0.25) is 0 Å². The molecule has 0 saturated carbocycles. The normalized spacial score (nSPS) is 8.25. The van der Waals surface area contributed by atoms with Crippen LogP contribution in [-0.2, 0) is 0 Å². The quantitative estimate of drug-likeness (QED) is 0.535. The van der Waals surface area contributed by atoms with E-state index in [4.69, 9.17) is 0 Å². The van der Waals surface area contributed by atoms with Gasteiger partial charge >= 0.3 is 0 Å². The molecule has 0 atom stereocenters. The van der Waals surface area contributed by atoms with E-state index in [9.17, 15) is 0 Å². The highest BCUT2D eigenvalue weighted by Crippen LogP contribution is 2.03. The van der Waals surface area contributed by atoms with E-state index in [2.05, 4.69) is 10.2 Å². The Morgan fingerprint density at radius 1 is 1.12 bits per heavy atom. The molecule has 0 radical (unpaired) electrons. The molecule has 1 heterocycles. The number of rotatable bonds is 0. The van der Waals surface area contributed by atoms with Gasteiger partial charge in [-0.25, -0.2) is 0 Å². The molecule has 0 saturated heterocycles. The van der Waals surface area contributed by atoms with Crippen LogP contribution in [0.4, 0.5) is 0 Å². The minimum atomic E-state index is 0. The second-order valence-corrected chi connectivity index (χ2v) is 2.73. The SMILES string of the molecule is C.Cc1nnc(C)s1. The summed E-state index contributed by atoms with van der Waals surface area (Å²) < 4.78 is 0. The first-order valence-corrected chi connectivity index (χ1v) is 2.87. The molecule has 0 aliphatic carbocycles. The predicted molar refractivity (Wildman–Crippen MR) is 36.1 cm³/mol. The molecule has 8 heavy (non-hydrogen) atoms. The summed E-state index contributed by atoms with van der Waals surface area (Å²) in [5, 5.41) is 9.65. The lowest BCUT2D eigenvalue weighted by molar-refractivity contribution is 1.02. The molecule has 3 heteroatoms. The van der Waals surface area contributed by atoms with Crippen molar-refractivity contribution in [2.24, 2.45) is 0 Å². The van der Waals surface area contributed by atoms with Crippen LogP contribution in [0.5, 0.6) is 0 Å². The zero-order valence-corrected chi connectivity index (χ0v) is 5.12. The van der Waals surface area contributed by atoms with Crippen molar-refractivity contribution in [3.8, 4) is 0 Å². The Labute approximate surface area is 53.6 Å². The summed E-state index contributed by atoms with van der Waals surface area (Å²) in [7, 11) is 0. The Hall–Kier alpha value is -0.440. The number of nitrogens with zero attached hydrogens (tertiary/aromatic N) is 2. The fourth-order valence-electron chi connectivity index (χ4n) is 0.395. The lowest BCUT2D eigenvalue weighted by Crippen LogP contribution is -1.68. The van der Waals surface area contributed by atoms with Crippen LogP contribution >= 0.6 is 11.3 Å². The van der Waals surface area contributed by atoms with Crippen molar-refractivity contribution in [1.29, 1.82) is 0 Å². The van der Waals surface area contributed by atoms with Crippen molar-refractivity contribution in [2.45, 2.75) is 21.3 Å². The molecule has 0 amide bonds. The molecule has 0 aliphatic rings. The van der Waals surface area contributed by atoms with Crippen LogP contribution in [0.3, 0.4) is 0 Å². The highest BCUT2D eigenvalue weighted by molar-refractivity contribution is 7.11. The van der Waals surface area contributed by atoms with Gasteiger partial charge in [0.2, 0.25) is 0 Å². The number of aryl methyl sites for hydroxylation is 2. The maximum atomic E-state index is 3.78. The minimum absolute atomic E-state index is 0. The van der Waals surface area contributed by atoms with Crippen LogP contribution in [0.15, 0.2) is 0 Å². The van der Waals surface area contributed by atoms with E-state index in [0.717, 1.165) is 10.0 Å². The van der Waals surface area contributed by atoms with Gasteiger partial charge in [-0.15, -0.1) is 21.5 Å². The molecule has 2 nitrogen and oxygen atoms in total. The average molecular weight is 130 g/mol. The summed E-state index contributed by atoms with van der Waals surface area (Å²) in [5.41, 5.74) is 0. The van der Waals surface area contributed by atoms with Gasteiger partial charge in [-0.2, -0.15) is 0 Å². The zero-order chi connectivity index (χ0) is 5.28. The van der Waals surface area contributed by atoms with Gasteiger partial charge in [-0.05, 0) is 13.8 Å². The minimum Gasteiger partial charge on any atom is -0.144 e. The van der Waals surface area contributed by atoms with Crippen molar-refractivity contribution in [3.63, 3.8) is 0 Å². The fourth-order valence-corrected chi connectivity index (χ4v) is 0.986. The van der Waals surface area contributed by atoms with Gasteiger partial charge in [-0.1, -0.05) is 7.43 Å². The number of aromatic nitrogens is 2. The first-order chi connectivity index (χ1) is 3.29. The van der Waals surface area contributed by atoms with E-state index in [1.165, 1.54) is 0 Å². The van der Waals surface area contributed by atoms with Crippen molar-refractivity contribution in [3.05, 3.63) is 10.0 Å². The highest BCUT2D eigenvalue weighted by atomic mass is 32.1. The Bertz CT molecular complexity index is 143. The van der Waals surface area contributed by atoms with Gasteiger partial charge in [0.05, 0.1) is 0 Å². The molecule has 0 aliphatic heterocycles. The van der Waals surface area contributed by atoms with Gasteiger partial charge in [0.25, 0.3) is 0 Å². The largest absolute Gasteiger partial charge is 0.144 e. The summed E-state index contributed by atoms with van der Waals surface area (Å²) in [6.45, 7) is 3.90. The summed E-state index contributed by atoms with van der Waals surface area (Å²) in [4.78, 5) is 0. The monoisotopic (exact) mass is 130 g/mol. The molecule has 0 spiro atoms. The predicted octanol–water partition coefficient (Wildman–Crippen LogP) is 1.79. The molecular weight excluding hydrogens is 120 g/mol. The zero-order valence-electron chi connectivity index (χ0n) is 4.30. The molecule has 0 fully saturated rings. The Balaban J connectivity index is 0.000000490. The first-order valence-electron chi connectivity index (χ1n) is 2.06. The van der Waals surface area contributed by atoms with Crippen LogP contribution in [0, 0.1) is 13.8 Å². The summed E-state index contributed by atoms with van der Waals surface area (Å²) in [6, 6.07) is 0. The second kappa shape index (κ2) is 2.77. The maximum absolute atomic E-state index is 3.78. The third kappa shape index (κ3) is 1.58. The van der Waals surface area contributed by atoms with Crippen LogP contribution in [0.2, 0.25) is 0 Å². The van der Waals surface area contributed by atoms with E-state index in [1.54, 1.807) is 11.3 Å². The standard InChI is InChI=1S/C4H6N2S.CH4/c1-3-5-6-4(2)7-3;/h1-2H3;1H4. The third-order valence-electron chi connectivity index (χ3n) is 0.627. The Kier molecular flexibility index (Phi) is 2.62. The molecule has 46 valence electrons. The van der Waals surface area contributed by atoms with Crippen molar-refractivity contribution in [2.75, 3.05) is 0 Å². The molecule has 1 rings (SSSR count). The van der Waals surface area contributed by atoms with Gasteiger partial charge < -0.3 is 0 Å². The molecule has 1 aromatic rings. The smallest absolute Gasteiger partial charge is 0.114 e. The topological polar surface area (TPSA) is 25.8 Å². The van der Waals surface area contributed by atoms with Crippen molar-refractivity contribution < 1.29 is 0 Å². The third-order valence-corrected chi connectivity index (χ3v) is 1.38. The molecule has 0 aromatic carbocycles. The lowest BCUT2D eigenvalue weighted by Gasteiger charge is -1.65. The summed E-state index contributed by atoms with van der Waals surface area (Å²) in [5.74, 6) is 0. The Morgan fingerprint density at radius 3 is 1.62 bits per heavy atom. The number of hydrogen-bond acceptors (Lipinski definition) is 3. The van der Waals surface area contributed by atoms with E-state index < -0.39 is 0 Å². The van der Waals surface area contributed by atoms with Gasteiger partial charge in [0.15, 0.2) is 0 Å².